The molecule has 0 aliphatic carbocycles. The van der Waals surface area contributed by atoms with Crippen molar-refractivity contribution >= 4 is 16.8 Å². The first-order valence-electron chi connectivity index (χ1n) is 9.08. The van der Waals surface area contributed by atoms with Gasteiger partial charge in [0.1, 0.15) is 17.0 Å². The van der Waals surface area contributed by atoms with Crippen LogP contribution in [0.3, 0.4) is 0 Å². The van der Waals surface area contributed by atoms with Crippen LogP contribution in [-0.2, 0) is 6.54 Å². The lowest BCUT2D eigenvalue weighted by Crippen LogP contribution is -2.26. The first-order chi connectivity index (χ1) is 13.2. The van der Waals surface area contributed by atoms with Gasteiger partial charge in [-0.2, -0.15) is 0 Å². The van der Waals surface area contributed by atoms with Crippen molar-refractivity contribution in [3.8, 4) is 11.3 Å². The smallest absolute Gasteiger partial charge is 0.257 e. The van der Waals surface area contributed by atoms with E-state index < -0.39 is 0 Å². The highest BCUT2D eigenvalue weighted by Gasteiger charge is 2.21. The average Bonchev–Trinajstić information content (AvgIpc) is 3.29. The molecular formula is C22H21N3O2. The van der Waals surface area contributed by atoms with Gasteiger partial charge in [-0.05, 0) is 30.9 Å². The topological polar surface area (TPSA) is 60.1 Å². The summed E-state index contributed by atoms with van der Waals surface area (Å²) in [4.78, 5) is 12.7. The number of hydrogen-bond donors (Lipinski definition) is 1. The summed E-state index contributed by atoms with van der Waals surface area (Å²) in [5, 5.41) is 8.30. The zero-order valence-corrected chi connectivity index (χ0v) is 15.2. The number of hydrogen-bond acceptors (Lipinski definition) is 3. The van der Waals surface area contributed by atoms with Crippen molar-refractivity contribution in [3.05, 3.63) is 78.2 Å². The Balaban J connectivity index is 1.40. The first-order valence-corrected chi connectivity index (χ1v) is 9.08. The highest BCUT2D eigenvalue weighted by molar-refractivity contribution is 6.00. The van der Waals surface area contributed by atoms with Gasteiger partial charge in [0, 0.05) is 30.4 Å². The molecule has 0 fully saturated rings. The lowest BCUT2D eigenvalue weighted by atomic mass is 10.1. The summed E-state index contributed by atoms with van der Waals surface area (Å²) in [5.41, 5.74) is 3.18. The summed E-state index contributed by atoms with van der Waals surface area (Å²) in [5.74, 6) is 0.382. The third-order valence-electron chi connectivity index (χ3n) is 4.68. The lowest BCUT2D eigenvalue weighted by molar-refractivity contribution is 0.0952. The van der Waals surface area contributed by atoms with Crippen molar-refractivity contribution in [2.45, 2.75) is 19.9 Å². The van der Waals surface area contributed by atoms with Crippen LogP contribution < -0.4 is 5.32 Å². The fourth-order valence-electron chi connectivity index (χ4n) is 3.31. The number of fused-ring (bicyclic) bond motifs is 1. The summed E-state index contributed by atoms with van der Waals surface area (Å²) in [6.45, 7) is 3.20. The molecule has 4 aromatic rings. The molecule has 0 saturated heterocycles. The predicted molar refractivity (Wildman–Crippen MR) is 106 cm³/mol. The van der Waals surface area contributed by atoms with Crippen LogP contribution in [-0.4, -0.2) is 22.2 Å². The number of aromatic nitrogens is 2. The maximum absolute atomic E-state index is 12.7. The van der Waals surface area contributed by atoms with Gasteiger partial charge in [-0.3, -0.25) is 4.79 Å². The van der Waals surface area contributed by atoms with Gasteiger partial charge in [0.15, 0.2) is 0 Å². The zero-order chi connectivity index (χ0) is 18.6. The van der Waals surface area contributed by atoms with Gasteiger partial charge in [0.25, 0.3) is 5.91 Å². The number of carbonyl (C=O) groups is 1. The van der Waals surface area contributed by atoms with Crippen LogP contribution >= 0.6 is 0 Å². The molecule has 0 saturated carbocycles. The van der Waals surface area contributed by atoms with E-state index in [0.717, 1.165) is 18.5 Å². The van der Waals surface area contributed by atoms with Crippen molar-refractivity contribution < 1.29 is 9.32 Å². The number of amides is 1. The molecule has 0 spiro atoms. The van der Waals surface area contributed by atoms with Crippen LogP contribution in [0.4, 0.5) is 0 Å². The summed E-state index contributed by atoms with van der Waals surface area (Å²) in [6, 6.07) is 20.0. The average molecular weight is 359 g/mol. The zero-order valence-electron chi connectivity index (χ0n) is 15.2. The van der Waals surface area contributed by atoms with Gasteiger partial charge in [0.05, 0.1) is 0 Å². The van der Waals surface area contributed by atoms with Crippen LogP contribution in [0.15, 0.2) is 71.4 Å². The Morgan fingerprint density at radius 3 is 2.70 bits per heavy atom. The molecule has 0 unspecified atom stereocenters. The first kappa shape index (κ1) is 17.1. The van der Waals surface area contributed by atoms with Crippen molar-refractivity contribution in [1.82, 2.24) is 15.0 Å². The molecule has 0 aliphatic heterocycles. The van der Waals surface area contributed by atoms with Gasteiger partial charge in [0.2, 0.25) is 0 Å². The van der Waals surface area contributed by atoms with Gasteiger partial charge in [-0.25, -0.2) is 0 Å². The molecule has 4 rings (SSSR count). The van der Waals surface area contributed by atoms with Gasteiger partial charge in [-0.15, -0.1) is 0 Å². The van der Waals surface area contributed by atoms with E-state index in [1.807, 2.05) is 42.5 Å². The van der Waals surface area contributed by atoms with Crippen LogP contribution in [0.5, 0.6) is 0 Å². The van der Waals surface area contributed by atoms with E-state index >= 15 is 0 Å². The maximum atomic E-state index is 12.7. The Bertz CT molecular complexity index is 1060. The van der Waals surface area contributed by atoms with Crippen LogP contribution in [0, 0.1) is 6.92 Å². The molecule has 0 aliphatic rings. The van der Waals surface area contributed by atoms with E-state index in [4.69, 9.17) is 4.52 Å². The normalized spacial score (nSPS) is 11.0. The molecular weight excluding hydrogens is 338 g/mol. The van der Waals surface area contributed by atoms with E-state index in [0.29, 0.717) is 23.6 Å². The van der Waals surface area contributed by atoms with Gasteiger partial charge < -0.3 is 14.4 Å². The molecule has 2 aromatic heterocycles. The molecule has 1 N–H and O–H groups in total. The molecule has 0 bridgehead atoms. The van der Waals surface area contributed by atoms with Crippen LogP contribution in [0.2, 0.25) is 0 Å². The third kappa shape index (κ3) is 3.49. The van der Waals surface area contributed by atoms with Crippen molar-refractivity contribution in [3.63, 3.8) is 0 Å². The number of benzene rings is 2. The molecule has 27 heavy (non-hydrogen) atoms. The maximum Gasteiger partial charge on any atom is 0.257 e. The van der Waals surface area contributed by atoms with E-state index in [1.54, 1.807) is 6.92 Å². The second-order valence-electron chi connectivity index (χ2n) is 6.51. The number of rotatable bonds is 6. The fourth-order valence-corrected chi connectivity index (χ4v) is 3.31. The molecule has 0 atom stereocenters. The summed E-state index contributed by atoms with van der Waals surface area (Å²) in [7, 11) is 0. The second kappa shape index (κ2) is 7.50. The standard InChI is InChI=1S/C22H21N3O2/c1-16-20(21(24-27-16)18-9-3-2-4-10-18)22(26)23-13-7-14-25-15-12-17-8-5-6-11-19(17)25/h2-6,8-12,15H,7,13-14H2,1H3,(H,23,26). The molecule has 5 nitrogen and oxygen atoms in total. The number of nitrogens with one attached hydrogen (secondary N) is 1. The van der Waals surface area contributed by atoms with Crippen molar-refractivity contribution in [2.24, 2.45) is 0 Å². The molecule has 136 valence electrons. The third-order valence-corrected chi connectivity index (χ3v) is 4.68. The monoisotopic (exact) mass is 359 g/mol. The highest BCUT2D eigenvalue weighted by Crippen LogP contribution is 2.24. The quantitative estimate of drug-likeness (QED) is 0.518. The number of carbonyl (C=O) groups excluding carboxylic acids is 1. The molecule has 0 radical (unpaired) electrons. The van der Waals surface area contributed by atoms with E-state index in [2.05, 4.69) is 39.4 Å². The minimum absolute atomic E-state index is 0.148. The molecule has 5 heteroatoms. The summed E-state index contributed by atoms with van der Waals surface area (Å²) in [6.07, 6.45) is 2.93. The van der Waals surface area contributed by atoms with E-state index in [-0.39, 0.29) is 5.91 Å². The highest BCUT2D eigenvalue weighted by atomic mass is 16.5. The molecule has 2 heterocycles. The largest absolute Gasteiger partial charge is 0.360 e. The Hall–Kier alpha value is -3.34. The van der Waals surface area contributed by atoms with Crippen LogP contribution in [0.25, 0.3) is 22.2 Å². The Morgan fingerprint density at radius 2 is 1.85 bits per heavy atom. The number of para-hydroxylation sites is 1. The second-order valence-corrected chi connectivity index (χ2v) is 6.51. The Labute approximate surface area is 157 Å². The van der Waals surface area contributed by atoms with Crippen molar-refractivity contribution in [1.29, 1.82) is 0 Å². The fraction of sp³-hybridized carbons (Fsp3) is 0.182. The van der Waals surface area contributed by atoms with E-state index in [1.165, 1.54) is 10.9 Å². The van der Waals surface area contributed by atoms with E-state index in [9.17, 15) is 4.79 Å². The number of aryl methyl sites for hydroxylation is 2. The van der Waals surface area contributed by atoms with Gasteiger partial charge >= 0.3 is 0 Å². The SMILES string of the molecule is Cc1onc(-c2ccccc2)c1C(=O)NCCCn1ccc2ccccc21. The minimum atomic E-state index is -0.148. The Kier molecular flexibility index (Phi) is 4.75. The lowest BCUT2D eigenvalue weighted by Gasteiger charge is -2.08. The minimum Gasteiger partial charge on any atom is -0.360 e. The predicted octanol–water partition coefficient (Wildman–Crippen LogP) is 4.42. The van der Waals surface area contributed by atoms with Crippen molar-refractivity contribution in [2.75, 3.05) is 6.54 Å². The Morgan fingerprint density at radius 1 is 1.07 bits per heavy atom. The summed E-state index contributed by atoms with van der Waals surface area (Å²) >= 11 is 0. The summed E-state index contributed by atoms with van der Waals surface area (Å²) < 4.78 is 7.48. The molecule has 1 amide bonds. The number of nitrogens with zero attached hydrogens (tertiary/aromatic N) is 2. The van der Waals surface area contributed by atoms with Crippen LogP contribution in [0.1, 0.15) is 22.5 Å². The molecule has 2 aromatic carbocycles. The van der Waals surface area contributed by atoms with Gasteiger partial charge in [-0.1, -0.05) is 53.7 Å².